The third-order valence-corrected chi connectivity index (χ3v) is 8.81. The lowest BCUT2D eigenvalue weighted by atomic mass is 10.0. The monoisotopic (exact) mass is 671 g/mol. The molecule has 5 aromatic rings. The molecule has 47 heavy (non-hydrogen) atoms. The zero-order valence-electron chi connectivity index (χ0n) is 25.1. The molecule has 0 unspecified atom stereocenters. The van der Waals surface area contributed by atoms with Gasteiger partial charge in [-0.25, -0.2) is 12.8 Å². The van der Waals surface area contributed by atoms with Crippen LogP contribution in [-0.2, 0) is 32.7 Å². The minimum atomic E-state index is -3.96. The summed E-state index contributed by atoms with van der Waals surface area (Å²) in [5.74, 6) is -1.07. The number of ether oxygens (including phenoxy) is 1. The van der Waals surface area contributed by atoms with Crippen molar-refractivity contribution in [2.45, 2.75) is 24.0 Å². The summed E-state index contributed by atoms with van der Waals surface area (Å²) < 4.78 is 47.0. The number of benzene rings is 5. The fourth-order valence-electron chi connectivity index (χ4n) is 4.77. The zero-order chi connectivity index (χ0) is 33.2. The number of hydrogen-bond donors (Lipinski definition) is 2. The molecule has 0 heterocycles. The molecule has 2 amide bonds. The lowest BCUT2D eigenvalue weighted by molar-refractivity contribution is -0.143. The first-order valence-corrected chi connectivity index (χ1v) is 16.5. The molecular weight excluding hydrogens is 641 g/mol. The number of halogens is 2. The first-order chi connectivity index (χ1) is 22.7. The van der Waals surface area contributed by atoms with E-state index in [1.807, 2.05) is 48.5 Å². The van der Waals surface area contributed by atoms with Crippen molar-refractivity contribution in [2.24, 2.45) is 0 Å². The van der Waals surface area contributed by atoms with E-state index in [1.165, 1.54) is 41.3 Å². The van der Waals surface area contributed by atoms with Gasteiger partial charge in [-0.1, -0.05) is 84.4 Å². The minimum Gasteiger partial charge on any atom is -0.484 e. The van der Waals surface area contributed by atoms with E-state index >= 15 is 0 Å². The summed E-state index contributed by atoms with van der Waals surface area (Å²) in [6.07, 6.45) is 0. The smallest absolute Gasteiger partial charge is 0.261 e. The van der Waals surface area contributed by atoms with E-state index in [-0.39, 0.29) is 35.3 Å². The van der Waals surface area contributed by atoms with Gasteiger partial charge in [-0.15, -0.1) is 0 Å². The summed E-state index contributed by atoms with van der Waals surface area (Å²) in [5.41, 5.74) is 2.49. The largest absolute Gasteiger partial charge is 0.484 e. The van der Waals surface area contributed by atoms with Crippen LogP contribution in [0.3, 0.4) is 0 Å². The minimum absolute atomic E-state index is 0.0484. The lowest BCUT2D eigenvalue weighted by Gasteiger charge is -2.31. The molecule has 0 spiro atoms. The molecular formula is C36H31ClFN3O5S. The normalized spacial score (nSPS) is 11.7. The van der Waals surface area contributed by atoms with Crippen molar-refractivity contribution in [3.8, 4) is 5.75 Å². The SMILES string of the molecule is O=C(NCc1ccc(Cl)cc1)[C@@H](c1ccccc1)N(Cc1ccccc1)C(=O)COc1ccc(S(=O)(=O)Nc2ccc(F)cc2)cc1. The number of amides is 2. The Morgan fingerprint density at radius 1 is 0.766 bits per heavy atom. The van der Waals surface area contributed by atoms with Crippen molar-refractivity contribution in [2.75, 3.05) is 11.3 Å². The highest BCUT2D eigenvalue weighted by molar-refractivity contribution is 7.92. The van der Waals surface area contributed by atoms with Crippen molar-refractivity contribution < 1.29 is 27.1 Å². The molecule has 8 nitrogen and oxygen atoms in total. The Hall–Kier alpha value is -5.19. The summed E-state index contributed by atoms with van der Waals surface area (Å²) in [4.78, 5) is 29.1. The van der Waals surface area contributed by atoms with Crippen molar-refractivity contribution in [3.63, 3.8) is 0 Å². The third kappa shape index (κ3) is 9.18. The second-order valence-electron chi connectivity index (χ2n) is 10.5. The maximum Gasteiger partial charge on any atom is 0.261 e. The number of hydrogen-bond acceptors (Lipinski definition) is 5. The molecule has 0 radical (unpaired) electrons. The van der Waals surface area contributed by atoms with Gasteiger partial charge >= 0.3 is 0 Å². The third-order valence-electron chi connectivity index (χ3n) is 7.16. The number of carbonyl (C=O) groups is 2. The molecule has 2 N–H and O–H groups in total. The number of nitrogens with one attached hydrogen (secondary N) is 2. The van der Waals surface area contributed by atoms with Crippen LogP contribution in [0, 0.1) is 5.82 Å². The Morgan fingerprint density at radius 3 is 2.02 bits per heavy atom. The van der Waals surface area contributed by atoms with Crippen LogP contribution in [0.1, 0.15) is 22.7 Å². The summed E-state index contributed by atoms with van der Waals surface area (Å²) in [5, 5.41) is 3.54. The van der Waals surface area contributed by atoms with E-state index < -0.39 is 34.4 Å². The van der Waals surface area contributed by atoms with Crippen LogP contribution in [0.15, 0.2) is 138 Å². The first-order valence-electron chi connectivity index (χ1n) is 14.6. The van der Waals surface area contributed by atoms with E-state index in [0.717, 1.165) is 23.3 Å². The first kappa shape index (κ1) is 33.2. The molecule has 5 rings (SSSR count). The van der Waals surface area contributed by atoms with Crippen LogP contribution in [0.25, 0.3) is 0 Å². The Bertz CT molecular complexity index is 1890. The van der Waals surface area contributed by atoms with Crippen molar-refractivity contribution in [1.29, 1.82) is 0 Å². The summed E-state index contributed by atoms with van der Waals surface area (Å²) in [7, 11) is -3.96. The average molecular weight is 672 g/mol. The zero-order valence-corrected chi connectivity index (χ0v) is 26.6. The average Bonchev–Trinajstić information content (AvgIpc) is 3.09. The number of sulfonamides is 1. The second kappa shape index (κ2) is 15.4. The molecule has 1 atom stereocenters. The van der Waals surface area contributed by atoms with Gasteiger partial charge in [0.2, 0.25) is 5.91 Å². The highest BCUT2D eigenvalue weighted by Gasteiger charge is 2.32. The van der Waals surface area contributed by atoms with Gasteiger partial charge in [0.05, 0.1) is 4.90 Å². The Labute approximate surface area is 277 Å². The summed E-state index contributed by atoms with van der Waals surface area (Å²) >= 11 is 6.01. The molecule has 11 heteroatoms. The molecule has 0 fully saturated rings. The van der Waals surface area contributed by atoms with Gasteiger partial charge in [-0.3, -0.25) is 14.3 Å². The van der Waals surface area contributed by atoms with Crippen LogP contribution in [0.2, 0.25) is 5.02 Å². The summed E-state index contributed by atoms with van der Waals surface area (Å²) in [6, 6.07) is 34.9. The molecule has 0 saturated heterocycles. The molecule has 0 aliphatic carbocycles. The molecule has 0 saturated carbocycles. The highest BCUT2D eigenvalue weighted by Crippen LogP contribution is 2.25. The van der Waals surface area contributed by atoms with Gasteiger partial charge in [-0.2, -0.15) is 0 Å². The standard InChI is InChI=1S/C36H31ClFN3O5S/c37-29-13-11-26(12-14-29)23-39-36(43)35(28-9-5-2-6-10-28)41(24-27-7-3-1-4-8-27)34(42)25-46-32-19-21-33(22-20-32)47(44,45)40-31-17-15-30(38)16-18-31/h1-22,35,40H,23-25H2,(H,39,43)/t35-/m1/s1. The maximum atomic E-state index is 13.9. The molecule has 0 aliphatic rings. The predicted molar refractivity (Wildman–Crippen MR) is 179 cm³/mol. The highest BCUT2D eigenvalue weighted by atomic mass is 35.5. The fraction of sp³-hybridized carbons (Fsp3) is 0.111. The van der Waals surface area contributed by atoms with E-state index in [2.05, 4.69) is 10.0 Å². The second-order valence-corrected chi connectivity index (χ2v) is 12.7. The fourth-order valence-corrected chi connectivity index (χ4v) is 5.96. The molecule has 240 valence electrons. The van der Waals surface area contributed by atoms with E-state index in [4.69, 9.17) is 16.3 Å². The quantitative estimate of drug-likeness (QED) is 0.144. The number of anilines is 1. The van der Waals surface area contributed by atoms with Crippen molar-refractivity contribution >= 4 is 39.1 Å². The molecule has 0 aliphatic heterocycles. The van der Waals surface area contributed by atoms with Gasteiger partial charge in [0.15, 0.2) is 6.61 Å². The number of rotatable bonds is 13. The van der Waals surface area contributed by atoms with Crippen molar-refractivity contribution in [1.82, 2.24) is 10.2 Å². The van der Waals surface area contributed by atoms with Crippen LogP contribution in [0.5, 0.6) is 5.75 Å². The molecule has 0 bridgehead atoms. The van der Waals surface area contributed by atoms with E-state index in [1.54, 1.807) is 36.4 Å². The Kier molecular flexibility index (Phi) is 10.9. The van der Waals surface area contributed by atoms with Crippen LogP contribution in [-0.4, -0.2) is 31.7 Å². The van der Waals surface area contributed by atoms with Gasteiger partial charge in [0.25, 0.3) is 15.9 Å². The van der Waals surface area contributed by atoms with Gasteiger partial charge < -0.3 is 15.0 Å². The van der Waals surface area contributed by atoms with E-state index in [0.29, 0.717) is 10.6 Å². The lowest BCUT2D eigenvalue weighted by Crippen LogP contribution is -2.45. The Balaban J connectivity index is 1.34. The van der Waals surface area contributed by atoms with Crippen molar-refractivity contribution in [3.05, 3.63) is 161 Å². The predicted octanol–water partition coefficient (Wildman–Crippen LogP) is 6.75. The molecule has 5 aromatic carbocycles. The number of nitrogens with zero attached hydrogens (tertiary/aromatic N) is 1. The molecule has 0 aromatic heterocycles. The van der Waals surface area contributed by atoms with E-state index in [9.17, 15) is 22.4 Å². The maximum absolute atomic E-state index is 13.9. The summed E-state index contributed by atoms with van der Waals surface area (Å²) in [6.45, 7) is -0.0573. The van der Waals surface area contributed by atoms with Gasteiger partial charge in [-0.05, 0) is 77.4 Å². The topological polar surface area (TPSA) is 105 Å². The van der Waals surface area contributed by atoms with Crippen LogP contribution >= 0.6 is 11.6 Å². The number of carbonyl (C=O) groups excluding carboxylic acids is 2. The van der Waals surface area contributed by atoms with Crippen LogP contribution < -0.4 is 14.8 Å². The van der Waals surface area contributed by atoms with Crippen LogP contribution in [0.4, 0.5) is 10.1 Å². The van der Waals surface area contributed by atoms with Gasteiger partial charge in [0.1, 0.15) is 17.6 Å². The van der Waals surface area contributed by atoms with Gasteiger partial charge in [0, 0.05) is 23.8 Å². The Morgan fingerprint density at radius 2 is 1.38 bits per heavy atom.